The minimum atomic E-state index is -4.56. The number of aromatic nitrogens is 1. The average molecular weight is 292 g/mol. The normalized spacial score (nSPS) is 26.3. The van der Waals surface area contributed by atoms with Crippen LogP contribution in [0.3, 0.4) is 0 Å². The smallest absolute Gasteiger partial charge is 0.359 e. The minimum absolute atomic E-state index is 0.178. The van der Waals surface area contributed by atoms with Gasteiger partial charge in [-0.3, -0.25) is 4.79 Å². The third-order valence-electron chi connectivity index (χ3n) is 3.65. The summed E-state index contributed by atoms with van der Waals surface area (Å²) in [6.07, 6.45) is -2.00. The summed E-state index contributed by atoms with van der Waals surface area (Å²) in [5.74, 6) is -1.14. The molecule has 0 aromatic carbocycles. The Bertz CT molecular complexity index is 516. The SMILES string of the molecule is CC1(C)C(/C=C(/Cl)C(F)(F)F)C1C(=O)c1ccc[nH]1. The number of hydrogen-bond donors (Lipinski definition) is 1. The molecule has 0 radical (unpaired) electrons. The molecular formula is C13H13ClF3NO. The molecule has 2 atom stereocenters. The number of carbonyl (C=O) groups is 1. The van der Waals surface area contributed by atoms with Crippen LogP contribution in [0.25, 0.3) is 0 Å². The number of alkyl halides is 3. The molecule has 0 spiro atoms. The molecule has 6 heteroatoms. The second kappa shape index (κ2) is 4.40. The largest absolute Gasteiger partial charge is 0.426 e. The molecule has 104 valence electrons. The number of H-pyrrole nitrogens is 1. The van der Waals surface area contributed by atoms with Crippen molar-refractivity contribution >= 4 is 17.4 Å². The summed E-state index contributed by atoms with van der Waals surface area (Å²) < 4.78 is 37.2. The van der Waals surface area contributed by atoms with Gasteiger partial charge in [0.05, 0.1) is 5.69 Å². The van der Waals surface area contributed by atoms with Gasteiger partial charge in [0.2, 0.25) is 0 Å². The van der Waals surface area contributed by atoms with Crippen LogP contribution in [0.5, 0.6) is 0 Å². The first kappa shape index (κ1) is 14.2. The van der Waals surface area contributed by atoms with Gasteiger partial charge < -0.3 is 4.98 Å². The molecule has 2 nitrogen and oxygen atoms in total. The van der Waals surface area contributed by atoms with E-state index in [0.717, 1.165) is 6.08 Å². The number of halogens is 4. The van der Waals surface area contributed by atoms with Crippen molar-refractivity contribution < 1.29 is 18.0 Å². The summed E-state index contributed by atoms with van der Waals surface area (Å²) in [4.78, 5) is 14.9. The van der Waals surface area contributed by atoms with Gasteiger partial charge in [0, 0.05) is 12.1 Å². The lowest BCUT2D eigenvalue weighted by atomic mass is 10.1. The van der Waals surface area contributed by atoms with E-state index >= 15 is 0 Å². The van der Waals surface area contributed by atoms with E-state index in [9.17, 15) is 18.0 Å². The van der Waals surface area contributed by atoms with Crippen molar-refractivity contribution in [1.29, 1.82) is 0 Å². The second-order valence-electron chi connectivity index (χ2n) is 5.29. The number of Topliss-reactive ketones (excluding diaryl/α,β-unsaturated/α-hetero) is 1. The van der Waals surface area contributed by atoms with Crippen molar-refractivity contribution in [2.45, 2.75) is 20.0 Å². The Morgan fingerprint density at radius 2 is 2.11 bits per heavy atom. The highest BCUT2D eigenvalue weighted by Gasteiger charge is 2.61. The number of rotatable bonds is 3. The molecule has 1 aliphatic rings. The van der Waals surface area contributed by atoms with Crippen molar-refractivity contribution in [2.75, 3.05) is 0 Å². The van der Waals surface area contributed by atoms with Crippen LogP contribution in [0.4, 0.5) is 13.2 Å². The molecule has 1 heterocycles. The maximum absolute atomic E-state index is 12.4. The van der Waals surface area contributed by atoms with Crippen LogP contribution in [-0.2, 0) is 0 Å². The molecule has 0 aliphatic heterocycles. The van der Waals surface area contributed by atoms with Gasteiger partial charge in [0.1, 0.15) is 5.03 Å². The Kier molecular flexibility index (Phi) is 3.29. The molecule has 1 aliphatic carbocycles. The van der Waals surface area contributed by atoms with E-state index in [2.05, 4.69) is 4.98 Å². The number of nitrogens with one attached hydrogen (secondary N) is 1. The Morgan fingerprint density at radius 1 is 1.47 bits per heavy atom. The molecule has 1 N–H and O–H groups in total. The fourth-order valence-electron chi connectivity index (χ4n) is 2.39. The molecule has 19 heavy (non-hydrogen) atoms. The molecule has 1 saturated carbocycles. The number of ketones is 1. The molecule has 1 fully saturated rings. The summed E-state index contributed by atoms with van der Waals surface area (Å²) in [5, 5.41) is -1.16. The lowest BCUT2D eigenvalue weighted by molar-refractivity contribution is -0.0848. The van der Waals surface area contributed by atoms with Gasteiger partial charge in [-0.15, -0.1) is 0 Å². The van der Waals surface area contributed by atoms with E-state index in [1.165, 1.54) is 0 Å². The highest BCUT2D eigenvalue weighted by molar-refractivity contribution is 6.30. The van der Waals surface area contributed by atoms with Gasteiger partial charge in [0.15, 0.2) is 5.78 Å². The minimum Gasteiger partial charge on any atom is -0.359 e. The molecule has 0 amide bonds. The van der Waals surface area contributed by atoms with Gasteiger partial charge in [-0.05, 0) is 23.5 Å². The van der Waals surface area contributed by atoms with Crippen molar-refractivity contribution in [2.24, 2.45) is 17.3 Å². The average Bonchev–Trinajstić information content (AvgIpc) is 2.71. The van der Waals surface area contributed by atoms with E-state index in [-0.39, 0.29) is 5.78 Å². The predicted octanol–water partition coefficient (Wildman–Crippen LogP) is 4.15. The van der Waals surface area contributed by atoms with Gasteiger partial charge in [-0.25, -0.2) is 0 Å². The quantitative estimate of drug-likeness (QED) is 0.834. The molecule has 0 saturated heterocycles. The lowest BCUT2D eigenvalue weighted by Crippen LogP contribution is -2.08. The second-order valence-corrected chi connectivity index (χ2v) is 5.69. The standard InChI is InChI=1S/C13H13ClF3NO/c1-12(2)7(6-9(14)13(15,16)17)10(12)11(19)8-4-3-5-18-8/h3-7,10,18H,1-2H3/b9-6+. The summed E-state index contributed by atoms with van der Waals surface area (Å²) >= 11 is 5.23. The van der Waals surface area contributed by atoms with E-state index in [4.69, 9.17) is 11.6 Å². The third-order valence-corrected chi connectivity index (χ3v) is 3.99. The summed E-state index contributed by atoms with van der Waals surface area (Å²) in [7, 11) is 0. The van der Waals surface area contributed by atoms with Gasteiger partial charge in [0.25, 0.3) is 0 Å². The maximum Gasteiger partial charge on any atom is 0.426 e. The van der Waals surface area contributed by atoms with E-state index < -0.39 is 28.5 Å². The molecular weight excluding hydrogens is 279 g/mol. The Hall–Kier alpha value is -1.23. The van der Waals surface area contributed by atoms with Crippen LogP contribution < -0.4 is 0 Å². The van der Waals surface area contributed by atoms with Crippen LogP contribution >= 0.6 is 11.6 Å². The molecule has 2 unspecified atom stereocenters. The third kappa shape index (κ3) is 2.56. The number of aromatic amines is 1. The maximum atomic E-state index is 12.4. The van der Waals surface area contributed by atoms with Crippen LogP contribution in [-0.4, -0.2) is 16.9 Å². The Balaban J connectivity index is 2.19. The first-order valence-electron chi connectivity index (χ1n) is 5.78. The molecule has 1 aromatic heterocycles. The fourth-order valence-corrected chi connectivity index (χ4v) is 2.53. The first-order valence-corrected chi connectivity index (χ1v) is 6.15. The first-order chi connectivity index (χ1) is 8.65. The van der Waals surface area contributed by atoms with Crippen LogP contribution in [0, 0.1) is 17.3 Å². The lowest BCUT2D eigenvalue weighted by Gasteiger charge is -2.04. The highest BCUT2D eigenvalue weighted by Crippen LogP contribution is 2.61. The number of carbonyl (C=O) groups excluding carboxylic acids is 1. The zero-order valence-corrected chi connectivity index (χ0v) is 11.1. The fraction of sp³-hybridized carbons (Fsp3) is 0.462. The Morgan fingerprint density at radius 3 is 2.58 bits per heavy atom. The van der Waals surface area contributed by atoms with Crippen LogP contribution in [0.2, 0.25) is 0 Å². The number of allylic oxidation sites excluding steroid dienone is 2. The zero-order valence-electron chi connectivity index (χ0n) is 10.4. The Labute approximate surface area is 113 Å². The van der Waals surface area contributed by atoms with Gasteiger partial charge in [-0.2, -0.15) is 13.2 Å². The molecule has 0 bridgehead atoms. The number of hydrogen-bond acceptors (Lipinski definition) is 1. The van der Waals surface area contributed by atoms with Gasteiger partial charge in [-0.1, -0.05) is 31.5 Å². The van der Waals surface area contributed by atoms with Crippen LogP contribution in [0.15, 0.2) is 29.4 Å². The monoisotopic (exact) mass is 291 g/mol. The van der Waals surface area contributed by atoms with Gasteiger partial charge >= 0.3 is 6.18 Å². The summed E-state index contributed by atoms with van der Waals surface area (Å²) in [6.45, 7) is 3.53. The van der Waals surface area contributed by atoms with Crippen molar-refractivity contribution in [3.63, 3.8) is 0 Å². The van der Waals surface area contributed by atoms with Crippen molar-refractivity contribution in [3.8, 4) is 0 Å². The zero-order chi connectivity index (χ0) is 14.4. The van der Waals surface area contributed by atoms with E-state index in [1.807, 2.05) is 0 Å². The van der Waals surface area contributed by atoms with E-state index in [0.29, 0.717) is 5.69 Å². The topological polar surface area (TPSA) is 32.9 Å². The molecule has 2 rings (SSSR count). The predicted molar refractivity (Wildman–Crippen MR) is 65.9 cm³/mol. The van der Waals surface area contributed by atoms with Crippen molar-refractivity contribution in [1.82, 2.24) is 4.98 Å². The summed E-state index contributed by atoms with van der Waals surface area (Å²) in [5.41, 5.74) is -0.0924. The summed E-state index contributed by atoms with van der Waals surface area (Å²) in [6, 6.07) is 3.29. The highest BCUT2D eigenvalue weighted by atomic mass is 35.5. The van der Waals surface area contributed by atoms with Crippen molar-refractivity contribution in [3.05, 3.63) is 35.1 Å². The molecule has 1 aromatic rings. The van der Waals surface area contributed by atoms with Crippen LogP contribution in [0.1, 0.15) is 24.3 Å². The van der Waals surface area contributed by atoms with E-state index in [1.54, 1.807) is 32.2 Å².